The predicted octanol–water partition coefficient (Wildman–Crippen LogP) is 6.00. The summed E-state index contributed by atoms with van der Waals surface area (Å²) >= 11 is 0. The highest BCUT2D eigenvalue weighted by molar-refractivity contribution is 6.01. The van der Waals surface area contributed by atoms with E-state index < -0.39 is 11.6 Å². The van der Waals surface area contributed by atoms with Crippen LogP contribution in [-0.2, 0) is 9.59 Å². The number of hydrogen-bond acceptors (Lipinski definition) is 8. The topological polar surface area (TPSA) is 113 Å². The largest absolute Gasteiger partial charge is 0.369 e. The number of halogens is 2. The first-order valence-corrected chi connectivity index (χ1v) is 17.8. The van der Waals surface area contributed by atoms with Gasteiger partial charge in [-0.1, -0.05) is 12.1 Å². The number of hydrogen-bond donors (Lipinski definition) is 2. The summed E-state index contributed by atoms with van der Waals surface area (Å²) in [6, 6.07) is 11.0. The second-order valence-corrected chi connectivity index (χ2v) is 14.1. The van der Waals surface area contributed by atoms with Crippen LogP contribution in [0.5, 0.6) is 0 Å². The van der Waals surface area contributed by atoms with Crippen LogP contribution in [0.25, 0.3) is 16.9 Å². The van der Waals surface area contributed by atoms with E-state index in [1.807, 2.05) is 18.3 Å². The van der Waals surface area contributed by atoms with Crippen LogP contribution in [0.2, 0.25) is 0 Å². The van der Waals surface area contributed by atoms with Gasteiger partial charge in [-0.25, -0.2) is 18.7 Å². The second kappa shape index (κ2) is 13.9. The molecule has 5 aromatic rings. The first-order chi connectivity index (χ1) is 24.8. The Morgan fingerprint density at radius 3 is 2.47 bits per heavy atom. The molecule has 2 aliphatic heterocycles. The Kier molecular flexibility index (Phi) is 8.97. The van der Waals surface area contributed by atoms with Crippen LogP contribution >= 0.6 is 0 Å². The lowest BCUT2D eigenvalue weighted by molar-refractivity contribution is -0.134. The third-order valence-electron chi connectivity index (χ3n) is 10.8. The van der Waals surface area contributed by atoms with Gasteiger partial charge >= 0.3 is 0 Å². The zero-order valence-corrected chi connectivity index (χ0v) is 28.6. The van der Waals surface area contributed by atoms with Crippen molar-refractivity contribution >= 4 is 34.7 Å². The van der Waals surface area contributed by atoms with Crippen molar-refractivity contribution in [3.8, 4) is 11.3 Å². The summed E-state index contributed by atoms with van der Waals surface area (Å²) in [5.74, 6) is -0.674. The Morgan fingerprint density at radius 1 is 0.922 bits per heavy atom. The van der Waals surface area contributed by atoms with Crippen molar-refractivity contribution in [2.45, 2.75) is 57.4 Å². The van der Waals surface area contributed by atoms with Gasteiger partial charge in [-0.15, -0.1) is 0 Å². The number of imidazole rings is 1. The van der Waals surface area contributed by atoms with Crippen molar-refractivity contribution in [3.63, 3.8) is 0 Å². The van der Waals surface area contributed by atoms with Crippen LogP contribution in [0.15, 0.2) is 67.4 Å². The molecule has 2 saturated heterocycles. The molecule has 13 heteroatoms. The van der Waals surface area contributed by atoms with E-state index in [0.29, 0.717) is 47.5 Å². The predicted molar refractivity (Wildman–Crippen MR) is 190 cm³/mol. The molecule has 3 aromatic heterocycles. The summed E-state index contributed by atoms with van der Waals surface area (Å²) < 4.78 is 32.4. The van der Waals surface area contributed by atoms with Gasteiger partial charge in [0.05, 0.1) is 35.7 Å². The van der Waals surface area contributed by atoms with E-state index in [1.54, 1.807) is 36.1 Å². The molecule has 2 aromatic carbocycles. The zero-order valence-electron chi connectivity index (χ0n) is 28.6. The quantitative estimate of drug-likeness (QED) is 0.191. The molecule has 3 aliphatic rings. The summed E-state index contributed by atoms with van der Waals surface area (Å²) in [4.78, 5) is 37.8. The van der Waals surface area contributed by atoms with Crippen LogP contribution < -0.4 is 15.5 Å². The van der Waals surface area contributed by atoms with Crippen LogP contribution in [0.4, 0.5) is 26.0 Å². The molecule has 1 unspecified atom stereocenters. The lowest BCUT2D eigenvalue weighted by Crippen LogP contribution is -2.48. The highest BCUT2D eigenvalue weighted by Gasteiger charge is 2.29. The summed E-state index contributed by atoms with van der Waals surface area (Å²) in [5, 5.41) is 10.5. The number of carbonyl (C=O) groups excluding carboxylic acids is 2. The maximum atomic E-state index is 14.7. The van der Waals surface area contributed by atoms with Gasteiger partial charge in [0, 0.05) is 75.1 Å². The van der Waals surface area contributed by atoms with Crippen LogP contribution in [-0.4, -0.2) is 73.6 Å². The molecule has 8 rings (SSSR count). The molecule has 0 bridgehead atoms. The van der Waals surface area contributed by atoms with Crippen molar-refractivity contribution in [1.82, 2.24) is 34.4 Å². The summed E-state index contributed by atoms with van der Waals surface area (Å²) in [6.45, 7) is 6.73. The van der Waals surface area contributed by atoms with Gasteiger partial charge in [0.15, 0.2) is 11.5 Å². The minimum atomic E-state index is -0.651. The molecule has 1 atom stereocenters. The number of fused-ring (bicyclic) bond motifs is 1. The van der Waals surface area contributed by atoms with E-state index >= 15 is 0 Å². The molecule has 1 saturated carbocycles. The molecular formula is C38H41F2N9O2. The SMILES string of the molecule is Cc1cc(-c2cnc(Nc3cnn(C4CCC(CN5CCN(c6ccc(C7CCC(=O)NC7=O)cc6)CC5)CC4)c3)c3nccn23)c(F)cc1F. The number of aromatic nitrogens is 5. The third-order valence-corrected chi connectivity index (χ3v) is 10.8. The fourth-order valence-corrected chi connectivity index (χ4v) is 7.87. The molecular weight excluding hydrogens is 652 g/mol. The van der Waals surface area contributed by atoms with Gasteiger partial charge < -0.3 is 10.2 Å². The minimum absolute atomic E-state index is 0.185. The minimum Gasteiger partial charge on any atom is -0.369 e. The van der Waals surface area contributed by atoms with E-state index in [1.165, 1.54) is 11.8 Å². The molecule has 2 N–H and O–H groups in total. The number of anilines is 3. The molecule has 2 amide bonds. The van der Waals surface area contributed by atoms with Crippen LogP contribution in [0.1, 0.15) is 61.6 Å². The van der Waals surface area contributed by atoms with Crippen molar-refractivity contribution in [2.24, 2.45) is 5.92 Å². The number of amides is 2. The number of piperazine rings is 1. The Labute approximate surface area is 294 Å². The number of nitrogens with one attached hydrogen (secondary N) is 2. The van der Waals surface area contributed by atoms with Gasteiger partial charge in [-0.2, -0.15) is 5.10 Å². The van der Waals surface area contributed by atoms with Gasteiger partial charge in [0.1, 0.15) is 11.6 Å². The van der Waals surface area contributed by atoms with E-state index in [9.17, 15) is 18.4 Å². The molecule has 11 nitrogen and oxygen atoms in total. The zero-order chi connectivity index (χ0) is 35.1. The smallest absolute Gasteiger partial charge is 0.234 e. The molecule has 5 heterocycles. The number of carbonyl (C=O) groups is 2. The standard InChI is InChI=1S/C38H41F2N9O2/c1-24-18-31(33(40)19-32(24)39)34-21-42-36(37-41-12-13-48(34)37)44-27-20-43-49(23-27)29-6-2-25(3-7-29)22-46-14-16-47(17-15-46)28-8-4-26(5-9-28)30-10-11-35(50)45-38(30)51/h4-5,8-9,12-13,18-21,23,25,29-30H,2-3,6-7,10-11,14-17,22H2,1H3,(H,42,44)(H,45,50,51). The lowest BCUT2D eigenvalue weighted by Gasteiger charge is -2.39. The fourth-order valence-electron chi connectivity index (χ4n) is 7.87. The Morgan fingerprint density at radius 2 is 1.71 bits per heavy atom. The van der Waals surface area contributed by atoms with Crippen molar-refractivity contribution < 1.29 is 18.4 Å². The Hall–Kier alpha value is -5.17. The summed E-state index contributed by atoms with van der Waals surface area (Å²) in [6.07, 6.45) is 14.2. The Bertz CT molecular complexity index is 2060. The number of rotatable bonds is 8. The van der Waals surface area contributed by atoms with E-state index in [0.717, 1.165) is 75.7 Å². The number of nitrogens with zero attached hydrogens (tertiary/aromatic N) is 7. The maximum absolute atomic E-state index is 14.7. The molecule has 1 aliphatic carbocycles. The van der Waals surface area contributed by atoms with Gasteiger partial charge in [0.2, 0.25) is 11.8 Å². The van der Waals surface area contributed by atoms with E-state index in [2.05, 4.69) is 52.3 Å². The summed E-state index contributed by atoms with van der Waals surface area (Å²) in [5.41, 5.74) is 4.59. The van der Waals surface area contributed by atoms with Crippen molar-refractivity contribution in [3.05, 3.63) is 90.1 Å². The number of aryl methyl sites for hydroxylation is 1. The van der Waals surface area contributed by atoms with E-state index in [4.69, 9.17) is 0 Å². The van der Waals surface area contributed by atoms with Crippen LogP contribution in [0, 0.1) is 24.5 Å². The highest BCUT2D eigenvalue weighted by atomic mass is 19.1. The normalized spacial score (nSPS) is 21.6. The average Bonchev–Trinajstić information content (AvgIpc) is 3.82. The van der Waals surface area contributed by atoms with Gasteiger partial charge in [0.25, 0.3) is 0 Å². The highest BCUT2D eigenvalue weighted by Crippen LogP contribution is 2.34. The second-order valence-electron chi connectivity index (χ2n) is 14.1. The van der Waals surface area contributed by atoms with Gasteiger partial charge in [-0.3, -0.25) is 28.9 Å². The molecule has 51 heavy (non-hydrogen) atoms. The first kappa shape index (κ1) is 33.0. The van der Waals surface area contributed by atoms with E-state index in [-0.39, 0.29) is 23.3 Å². The lowest BCUT2D eigenvalue weighted by atomic mass is 9.85. The average molecular weight is 694 g/mol. The fraction of sp³-hybridized carbons (Fsp3) is 0.395. The monoisotopic (exact) mass is 693 g/mol. The number of piperidine rings is 1. The maximum Gasteiger partial charge on any atom is 0.234 e. The number of benzene rings is 2. The third kappa shape index (κ3) is 6.82. The van der Waals surface area contributed by atoms with Crippen molar-refractivity contribution in [1.29, 1.82) is 0 Å². The van der Waals surface area contributed by atoms with Gasteiger partial charge in [-0.05, 0) is 74.3 Å². The molecule has 0 radical (unpaired) electrons. The summed E-state index contributed by atoms with van der Waals surface area (Å²) in [7, 11) is 0. The molecule has 3 fully saturated rings. The number of imide groups is 1. The molecule has 0 spiro atoms. The van der Waals surface area contributed by atoms with Crippen LogP contribution in [0.3, 0.4) is 0 Å². The Balaban J connectivity index is 0.822. The van der Waals surface area contributed by atoms with Crippen molar-refractivity contribution in [2.75, 3.05) is 42.9 Å². The first-order valence-electron chi connectivity index (χ1n) is 17.8. The molecule has 264 valence electrons.